The van der Waals surface area contributed by atoms with Crippen molar-refractivity contribution in [1.82, 2.24) is 0 Å². The first kappa shape index (κ1) is 28.1. The van der Waals surface area contributed by atoms with E-state index in [1.54, 1.807) is 6.07 Å². The number of aromatic hydroxyl groups is 1. The van der Waals surface area contributed by atoms with E-state index in [4.69, 9.17) is 14.2 Å². The Labute approximate surface area is 229 Å². The number of benzene rings is 4. The summed E-state index contributed by atoms with van der Waals surface area (Å²) in [5.74, 6) is 0.904. The van der Waals surface area contributed by atoms with Gasteiger partial charge in [0.1, 0.15) is 44.4 Å². The highest BCUT2D eigenvalue weighted by Crippen LogP contribution is 2.56. The fraction of sp³-hybridized carbons (Fsp3) is 0.250. The van der Waals surface area contributed by atoms with Crippen molar-refractivity contribution in [2.75, 3.05) is 19.8 Å². The van der Waals surface area contributed by atoms with Gasteiger partial charge in [0.25, 0.3) is 0 Å². The quantitative estimate of drug-likeness (QED) is 0.102. The zero-order valence-electron chi connectivity index (χ0n) is 22.1. The molecule has 0 heterocycles. The highest BCUT2D eigenvalue weighted by Gasteiger charge is 2.50. The van der Waals surface area contributed by atoms with E-state index in [0.717, 1.165) is 23.5 Å². The summed E-state index contributed by atoms with van der Waals surface area (Å²) in [5, 5.41) is 15.4. The summed E-state index contributed by atoms with van der Waals surface area (Å²) in [5.41, 5.74) is 0. The molecule has 0 atom stereocenters. The van der Waals surface area contributed by atoms with Crippen LogP contribution in [-0.2, 0) is 9.47 Å². The molecule has 0 aliphatic rings. The Morgan fingerprint density at radius 2 is 1.21 bits per heavy atom. The molecule has 0 unspecified atom stereocenters. The van der Waals surface area contributed by atoms with Gasteiger partial charge in [0.05, 0.1) is 6.61 Å². The molecular weight excluding hydrogens is 507 g/mol. The third-order valence-corrected chi connectivity index (χ3v) is 11.9. The highest BCUT2D eigenvalue weighted by atomic mass is 31.2. The fourth-order valence-electron chi connectivity index (χ4n) is 4.65. The molecule has 0 spiro atoms. The maximum absolute atomic E-state index is 10.7. The van der Waals surface area contributed by atoms with E-state index >= 15 is 0 Å². The van der Waals surface area contributed by atoms with Gasteiger partial charge in [-0.25, -0.2) is 0 Å². The molecule has 0 saturated carbocycles. The van der Waals surface area contributed by atoms with E-state index in [2.05, 4.69) is 72.8 Å². The molecule has 4 rings (SSSR count). The van der Waals surface area contributed by atoms with Crippen LogP contribution in [0.2, 0.25) is 6.04 Å². The Bertz CT molecular complexity index is 1140. The van der Waals surface area contributed by atoms with Crippen LogP contribution in [0.25, 0.3) is 0 Å². The van der Waals surface area contributed by atoms with E-state index in [1.165, 1.54) is 15.9 Å². The van der Waals surface area contributed by atoms with Crippen LogP contribution >= 0.6 is 7.26 Å². The fourth-order valence-corrected chi connectivity index (χ4v) is 10.2. The molecule has 0 bridgehead atoms. The SMILES string of the molecule is CCOC(OCC)[Si]CCCOc1ccc(O)cc1[P+](c1ccccc1)(c1ccccc1)c1ccccc1. The topological polar surface area (TPSA) is 47.9 Å². The predicted molar refractivity (Wildman–Crippen MR) is 161 cm³/mol. The molecule has 0 aromatic heterocycles. The van der Waals surface area contributed by atoms with E-state index < -0.39 is 7.26 Å². The molecular formula is C32H36O4PSi+. The lowest BCUT2D eigenvalue weighted by atomic mass is 10.3. The van der Waals surface area contributed by atoms with Crippen molar-refractivity contribution in [2.45, 2.75) is 32.2 Å². The van der Waals surface area contributed by atoms with Crippen molar-refractivity contribution in [1.29, 1.82) is 0 Å². The Morgan fingerprint density at radius 1 is 0.711 bits per heavy atom. The van der Waals surface area contributed by atoms with Crippen molar-refractivity contribution in [3.05, 3.63) is 109 Å². The van der Waals surface area contributed by atoms with Gasteiger partial charge in [-0.2, -0.15) is 0 Å². The molecule has 0 saturated heterocycles. The van der Waals surface area contributed by atoms with Crippen LogP contribution in [0.1, 0.15) is 20.3 Å². The van der Waals surface area contributed by atoms with Gasteiger partial charge in [0.2, 0.25) is 0 Å². The van der Waals surface area contributed by atoms with Crippen molar-refractivity contribution >= 4 is 38.0 Å². The van der Waals surface area contributed by atoms with Crippen molar-refractivity contribution in [3.63, 3.8) is 0 Å². The number of hydrogen-bond acceptors (Lipinski definition) is 4. The molecule has 196 valence electrons. The summed E-state index contributed by atoms with van der Waals surface area (Å²) in [7, 11) is -1.82. The van der Waals surface area contributed by atoms with E-state index in [-0.39, 0.29) is 11.7 Å². The van der Waals surface area contributed by atoms with Crippen LogP contribution in [0, 0.1) is 0 Å². The predicted octanol–water partition coefficient (Wildman–Crippen LogP) is 5.26. The molecule has 6 heteroatoms. The van der Waals surface area contributed by atoms with Gasteiger partial charge in [0.15, 0.2) is 11.1 Å². The number of phenolic OH excluding ortho intramolecular Hbond substituents is 1. The van der Waals surface area contributed by atoms with Crippen LogP contribution in [-0.4, -0.2) is 40.4 Å². The first-order chi connectivity index (χ1) is 18.7. The summed E-state index contributed by atoms with van der Waals surface area (Å²) in [4.78, 5) is 0. The second-order valence-electron chi connectivity index (χ2n) is 8.73. The normalized spacial score (nSPS) is 11.6. The minimum atomic E-state index is -2.38. The summed E-state index contributed by atoms with van der Waals surface area (Å²) >= 11 is 0. The van der Waals surface area contributed by atoms with Gasteiger partial charge in [-0.05, 0) is 68.8 Å². The average Bonchev–Trinajstić information content (AvgIpc) is 2.96. The molecule has 0 fully saturated rings. The molecule has 0 amide bonds. The number of rotatable bonds is 14. The molecule has 4 aromatic rings. The molecule has 4 nitrogen and oxygen atoms in total. The smallest absolute Gasteiger partial charge is 0.162 e. The first-order valence-corrected chi connectivity index (χ1v) is 16.3. The largest absolute Gasteiger partial charge is 0.508 e. The van der Waals surface area contributed by atoms with Gasteiger partial charge in [-0.1, -0.05) is 60.6 Å². The van der Waals surface area contributed by atoms with Gasteiger partial charge < -0.3 is 19.3 Å². The van der Waals surface area contributed by atoms with Gasteiger partial charge in [-0.15, -0.1) is 0 Å². The summed E-state index contributed by atoms with van der Waals surface area (Å²) in [6, 6.07) is 38.4. The van der Waals surface area contributed by atoms with Gasteiger partial charge in [0, 0.05) is 19.3 Å². The number of hydrogen-bond donors (Lipinski definition) is 1. The summed E-state index contributed by atoms with van der Waals surface area (Å²) in [6.45, 7) is 5.86. The minimum Gasteiger partial charge on any atom is -0.508 e. The third kappa shape index (κ3) is 6.54. The zero-order valence-corrected chi connectivity index (χ0v) is 24.0. The van der Waals surface area contributed by atoms with Crippen molar-refractivity contribution in [3.8, 4) is 11.5 Å². The van der Waals surface area contributed by atoms with Gasteiger partial charge in [-0.3, -0.25) is 0 Å². The maximum atomic E-state index is 10.7. The van der Waals surface area contributed by atoms with Crippen LogP contribution in [0.4, 0.5) is 0 Å². The van der Waals surface area contributed by atoms with Crippen LogP contribution < -0.4 is 26.0 Å². The van der Waals surface area contributed by atoms with E-state index in [0.29, 0.717) is 29.3 Å². The van der Waals surface area contributed by atoms with E-state index in [1.807, 2.05) is 44.2 Å². The Morgan fingerprint density at radius 3 is 1.68 bits per heavy atom. The van der Waals surface area contributed by atoms with Gasteiger partial charge >= 0.3 is 0 Å². The lowest BCUT2D eigenvalue weighted by molar-refractivity contribution is -0.0828. The second kappa shape index (κ2) is 14.3. The Balaban J connectivity index is 1.73. The summed E-state index contributed by atoms with van der Waals surface area (Å²) in [6.07, 6.45) is 0.892. The van der Waals surface area contributed by atoms with Crippen LogP contribution in [0.3, 0.4) is 0 Å². The minimum absolute atomic E-state index is 0.137. The maximum Gasteiger partial charge on any atom is 0.162 e. The molecule has 1 N–H and O–H groups in total. The highest BCUT2D eigenvalue weighted by molar-refractivity contribution is 8.01. The van der Waals surface area contributed by atoms with Crippen LogP contribution in [0.5, 0.6) is 11.5 Å². The van der Waals surface area contributed by atoms with Crippen molar-refractivity contribution < 1.29 is 19.3 Å². The molecule has 0 aliphatic heterocycles. The first-order valence-electron chi connectivity index (χ1n) is 13.2. The lowest BCUT2D eigenvalue weighted by Crippen LogP contribution is -2.39. The summed E-state index contributed by atoms with van der Waals surface area (Å²) < 4.78 is 17.9. The van der Waals surface area contributed by atoms with Crippen molar-refractivity contribution in [2.24, 2.45) is 0 Å². The standard InChI is InChI=1S/C32H35O4PSi/c1-3-34-32(35-4-2)38-24-14-23-36-30-22-21-26(33)25-31(30)37(27-15-8-5-9-16-27,28-17-10-6-11-18-28)29-19-12-7-13-20-29/h5-13,15-22,25,32H,3-4,14,23-24H2,1-2H3/p+1. The number of phenols is 1. The monoisotopic (exact) mass is 543 g/mol. The zero-order chi connectivity index (χ0) is 26.6. The Hall–Kier alpha value is -2.95. The Kier molecular flexibility index (Phi) is 10.5. The molecule has 4 aromatic carbocycles. The lowest BCUT2D eigenvalue weighted by Gasteiger charge is -2.29. The average molecular weight is 544 g/mol. The second-order valence-corrected chi connectivity index (χ2v) is 13.5. The third-order valence-electron chi connectivity index (χ3n) is 6.26. The molecule has 38 heavy (non-hydrogen) atoms. The molecule has 0 aliphatic carbocycles. The van der Waals surface area contributed by atoms with Crippen LogP contribution in [0.15, 0.2) is 109 Å². The van der Waals surface area contributed by atoms with E-state index in [9.17, 15) is 5.11 Å². The molecule has 2 radical (unpaired) electrons. The number of ether oxygens (including phenoxy) is 3.